The number of aromatic nitrogens is 2. The summed E-state index contributed by atoms with van der Waals surface area (Å²) in [5, 5.41) is 11.8. The van der Waals surface area contributed by atoms with Crippen LogP contribution in [0.3, 0.4) is 0 Å². The van der Waals surface area contributed by atoms with Crippen LogP contribution in [0.2, 0.25) is 0 Å². The van der Waals surface area contributed by atoms with Gasteiger partial charge in [-0.3, -0.25) is 4.79 Å². The number of rotatable bonds is 6. The lowest BCUT2D eigenvalue weighted by molar-refractivity contribution is -0.114. The van der Waals surface area contributed by atoms with Gasteiger partial charge in [-0.2, -0.15) is 0 Å². The number of ether oxygens (including phenoxy) is 1. The van der Waals surface area contributed by atoms with Gasteiger partial charge in [-0.1, -0.05) is 18.3 Å². The van der Waals surface area contributed by atoms with E-state index in [1.165, 1.54) is 18.3 Å². The number of nitrogens with zero attached hydrogens (tertiary/aromatic N) is 2. The average Bonchev–Trinajstić information content (AvgIpc) is 2.59. The SMILES string of the molecule is CCCOCCc1nnc(NC(C)=O)s1. The second kappa shape index (κ2) is 6.47. The molecule has 0 aliphatic carbocycles. The first kappa shape index (κ1) is 12.1. The Morgan fingerprint density at radius 3 is 2.93 bits per heavy atom. The van der Waals surface area contributed by atoms with E-state index < -0.39 is 0 Å². The van der Waals surface area contributed by atoms with Gasteiger partial charge in [-0.05, 0) is 6.42 Å². The molecule has 0 unspecified atom stereocenters. The highest BCUT2D eigenvalue weighted by atomic mass is 32.1. The van der Waals surface area contributed by atoms with Crippen LogP contribution in [0.25, 0.3) is 0 Å². The molecule has 0 aliphatic heterocycles. The number of carbonyl (C=O) groups excluding carboxylic acids is 1. The third-order valence-corrected chi connectivity index (χ3v) is 2.46. The number of hydrogen-bond acceptors (Lipinski definition) is 5. The van der Waals surface area contributed by atoms with Crippen LogP contribution in [0.15, 0.2) is 0 Å². The van der Waals surface area contributed by atoms with Gasteiger partial charge in [-0.25, -0.2) is 0 Å². The van der Waals surface area contributed by atoms with Gasteiger partial charge in [0.1, 0.15) is 5.01 Å². The van der Waals surface area contributed by atoms with Crippen molar-refractivity contribution in [3.05, 3.63) is 5.01 Å². The van der Waals surface area contributed by atoms with Crippen LogP contribution in [-0.2, 0) is 16.0 Å². The summed E-state index contributed by atoms with van der Waals surface area (Å²) in [5.74, 6) is -0.125. The molecule has 0 radical (unpaired) electrons. The predicted molar refractivity (Wildman–Crippen MR) is 59.0 cm³/mol. The Kier molecular flexibility index (Phi) is 5.20. The fourth-order valence-corrected chi connectivity index (χ4v) is 1.73. The number of amides is 1. The first-order valence-electron chi connectivity index (χ1n) is 4.90. The van der Waals surface area contributed by atoms with E-state index in [-0.39, 0.29) is 5.91 Å². The summed E-state index contributed by atoms with van der Waals surface area (Å²) in [5.41, 5.74) is 0. The molecule has 0 spiro atoms. The Bertz CT molecular complexity index is 314. The third-order valence-electron chi connectivity index (χ3n) is 1.56. The first-order chi connectivity index (χ1) is 7.22. The Labute approximate surface area is 92.9 Å². The van der Waals surface area contributed by atoms with Gasteiger partial charge < -0.3 is 10.1 Å². The minimum Gasteiger partial charge on any atom is -0.381 e. The molecule has 0 atom stereocenters. The molecule has 1 amide bonds. The number of nitrogens with one attached hydrogen (secondary N) is 1. The Morgan fingerprint density at radius 1 is 1.47 bits per heavy atom. The van der Waals surface area contributed by atoms with Gasteiger partial charge in [0, 0.05) is 20.0 Å². The van der Waals surface area contributed by atoms with Gasteiger partial charge in [-0.15, -0.1) is 10.2 Å². The van der Waals surface area contributed by atoms with Crippen molar-refractivity contribution in [2.24, 2.45) is 0 Å². The van der Waals surface area contributed by atoms with E-state index >= 15 is 0 Å². The standard InChI is InChI=1S/C9H15N3O2S/c1-3-5-14-6-4-8-11-12-9(15-8)10-7(2)13/h3-6H2,1-2H3,(H,10,12,13). The van der Waals surface area contributed by atoms with E-state index in [0.717, 1.165) is 24.5 Å². The van der Waals surface area contributed by atoms with Gasteiger partial charge in [0.15, 0.2) is 0 Å². The highest BCUT2D eigenvalue weighted by molar-refractivity contribution is 7.15. The van der Waals surface area contributed by atoms with Crippen molar-refractivity contribution in [2.45, 2.75) is 26.7 Å². The zero-order valence-electron chi connectivity index (χ0n) is 8.95. The number of hydrogen-bond donors (Lipinski definition) is 1. The fourth-order valence-electron chi connectivity index (χ4n) is 0.962. The van der Waals surface area contributed by atoms with Crippen molar-refractivity contribution in [3.63, 3.8) is 0 Å². The lowest BCUT2D eigenvalue weighted by Crippen LogP contribution is -2.04. The van der Waals surface area contributed by atoms with Gasteiger partial charge in [0.25, 0.3) is 0 Å². The van der Waals surface area contributed by atoms with Gasteiger partial charge >= 0.3 is 0 Å². The molecule has 1 aromatic heterocycles. The van der Waals surface area contributed by atoms with E-state index in [0.29, 0.717) is 11.7 Å². The number of anilines is 1. The van der Waals surface area contributed by atoms with E-state index in [9.17, 15) is 4.79 Å². The summed E-state index contributed by atoms with van der Waals surface area (Å²) >= 11 is 1.39. The minimum absolute atomic E-state index is 0.125. The molecule has 15 heavy (non-hydrogen) atoms. The van der Waals surface area contributed by atoms with E-state index in [1.807, 2.05) is 0 Å². The molecule has 1 aromatic rings. The summed E-state index contributed by atoms with van der Waals surface area (Å²) in [6, 6.07) is 0. The molecule has 6 heteroatoms. The summed E-state index contributed by atoms with van der Waals surface area (Å²) in [7, 11) is 0. The molecule has 0 saturated heterocycles. The molecule has 1 N–H and O–H groups in total. The van der Waals surface area contributed by atoms with Crippen LogP contribution in [0.4, 0.5) is 5.13 Å². The minimum atomic E-state index is -0.125. The Morgan fingerprint density at radius 2 is 2.27 bits per heavy atom. The highest BCUT2D eigenvalue weighted by Crippen LogP contribution is 2.15. The topological polar surface area (TPSA) is 64.1 Å². The lowest BCUT2D eigenvalue weighted by atomic mass is 10.5. The van der Waals surface area contributed by atoms with Gasteiger partial charge in [0.2, 0.25) is 11.0 Å². The van der Waals surface area contributed by atoms with Crippen molar-refractivity contribution in [3.8, 4) is 0 Å². The van der Waals surface area contributed by atoms with Crippen molar-refractivity contribution >= 4 is 22.4 Å². The fraction of sp³-hybridized carbons (Fsp3) is 0.667. The van der Waals surface area contributed by atoms with E-state index in [1.54, 1.807) is 0 Å². The van der Waals surface area contributed by atoms with Crippen LogP contribution in [-0.4, -0.2) is 29.3 Å². The molecule has 0 fully saturated rings. The summed E-state index contributed by atoms with van der Waals surface area (Å²) in [4.78, 5) is 10.7. The van der Waals surface area contributed by atoms with Crippen molar-refractivity contribution in [1.29, 1.82) is 0 Å². The third kappa shape index (κ3) is 4.85. The Balaban J connectivity index is 2.29. The molecule has 5 nitrogen and oxygen atoms in total. The monoisotopic (exact) mass is 229 g/mol. The van der Waals surface area contributed by atoms with Crippen LogP contribution in [0, 0.1) is 0 Å². The number of carbonyl (C=O) groups is 1. The van der Waals surface area contributed by atoms with Crippen molar-refractivity contribution in [1.82, 2.24) is 10.2 Å². The maximum absolute atomic E-state index is 10.7. The molecular weight excluding hydrogens is 214 g/mol. The maximum Gasteiger partial charge on any atom is 0.223 e. The molecular formula is C9H15N3O2S. The van der Waals surface area contributed by atoms with E-state index in [2.05, 4.69) is 22.4 Å². The average molecular weight is 229 g/mol. The predicted octanol–water partition coefficient (Wildman–Crippen LogP) is 1.47. The Hall–Kier alpha value is -1.01. The van der Waals surface area contributed by atoms with Crippen molar-refractivity contribution in [2.75, 3.05) is 18.5 Å². The van der Waals surface area contributed by atoms with Gasteiger partial charge in [0.05, 0.1) is 6.61 Å². The molecule has 1 rings (SSSR count). The zero-order valence-corrected chi connectivity index (χ0v) is 9.76. The molecule has 84 valence electrons. The molecule has 0 aromatic carbocycles. The normalized spacial score (nSPS) is 10.3. The molecule has 0 saturated carbocycles. The summed E-state index contributed by atoms with van der Waals surface area (Å²) < 4.78 is 5.33. The zero-order chi connectivity index (χ0) is 11.1. The largest absolute Gasteiger partial charge is 0.381 e. The maximum atomic E-state index is 10.7. The highest BCUT2D eigenvalue weighted by Gasteiger charge is 2.04. The smallest absolute Gasteiger partial charge is 0.223 e. The lowest BCUT2D eigenvalue weighted by Gasteiger charge is -1.98. The quantitative estimate of drug-likeness (QED) is 0.750. The second-order valence-corrected chi connectivity index (χ2v) is 4.11. The van der Waals surface area contributed by atoms with Crippen LogP contribution in [0.5, 0.6) is 0 Å². The van der Waals surface area contributed by atoms with Crippen LogP contribution >= 0.6 is 11.3 Å². The summed E-state index contributed by atoms with van der Waals surface area (Å²) in [6.45, 7) is 4.95. The molecule has 0 aliphatic rings. The first-order valence-corrected chi connectivity index (χ1v) is 5.71. The molecule has 0 bridgehead atoms. The second-order valence-electron chi connectivity index (χ2n) is 3.04. The van der Waals surface area contributed by atoms with Crippen LogP contribution in [0.1, 0.15) is 25.3 Å². The van der Waals surface area contributed by atoms with Crippen molar-refractivity contribution < 1.29 is 9.53 Å². The summed E-state index contributed by atoms with van der Waals surface area (Å²) in [6.07, 6.45) is 1.77. The van der Waals surface area contributed by atoms with E-state index in [4.69, 9.17) is 4.74 Å². The van der Waals surface area contributed by atoms with Crippen LogP contribution < -0.4 is 5.32 Å². The molecule has 1 heterocycles.